The molecule has 1 aliphatic rings. The van der Waals surface area contributed by atoms with Gasteiger partial charge in [0.25, 0.3) is 0 Å². The molecule has 1 aliphatic heterocycles. The first-order valence-corrected chi connectivity index (χ1v) is 4.21. The summed E-state index contributed by atoms with van der Waals surface area (Å²) in [5.74, 6) is 0. The third kappa shape index (κ3) is 3.75. The Morgan fingerprint density at radius 2 is 1.27 bits per heavy atom. The second kappa shape index (κ2) is 3.61. The maximum atomic E-state index is 3.63. The van der Waals surface area contributed by atoms with Crippen molar-refractivity contribution in [3.05, 3.63) is 0 Å². The van der Waals surface area contributed by atoms with E-state index in [1.807, 2.05) is 0 Å². The topological polar surface area (TPSA) is 12.0 Å². The van der Waals surface area contributed by atoms with Crippen molar-refractivity contribution in [3.63, 3.8) is 0 Å². The van der Waals surface area contributed by atoms with Crippen LogP contribution in [0.5, 0.6) is 0 Å². The summed E-state index contributed by atoms with van der Waals surface area (Å²) in [5.41, 5.74) is 0.726. The first-order chi connectivity index (χ1) is 4.41. The molecule has 1 rings (SSSR count). The zero-order chi connectivity index (χ0) is 7.83. The Kier molecular flexibility index (Phi) is 3.84. The Bertz CT molecular complexity index is 116. The molecule has 1 nitrogen and oxygen atoms in total. The summed E-state index contributed by atoms with van der Waals surface area (Å²) >= 11 is 0. The molecule has 0 unspecified atom stereocenters. The largest absolute Gasteiger partial charge is 0.307 e. The molecular weight excluding hydrogens is 319 g/mol. The molecule has 1 radical (unpaired) electrons. The van der Waals surface area contributed by atoms with Gasteiger partial charge in [0.15, 0.2) is 0 Å². The Morgan fingerprint density at radius 1 is 0.909 bits per heavy atom. The summed E-state index contributed by atoms with van der Waals surface area (Å²) in [5, 5.41) is 3.63. The van der Waals surface area contributed by atoms with Crippen LogP contribution in [0.25, 0.3) is 0 Å². The minimum Gasteiger partial charge on any atom is -0.307 e. The van der Waals surface area contributed by atoms with Crippen molar-refractivity contribution in [1.82, 2.24) is 5.32 Å². The van der Waals surface area contributed by atoms with E-state index in [4.69, 9.17) is 0 Å². The van der Waals surface area contributed by atoms with Crippen LogP contribution in [-0.2, 0) is 22.4 Å². The van der Waals surface area contributed by atoms with E-state index in [1.165, 1.54) is 19.3 Å². The first kappa shape index (κ1) is 11.7. The van der Waals surface area contributed by atoms with Crippen molar-refractivity contribution in [3.8, 4) is 0 Å². The van der Waals surface area contributed by atoms with Gasteiger partial charge >= 0.3 is 0 Å². The van der Waals surface area contributed by atoms with E-state index in [2.05, 4.69) is 33.0 Å². The number of hydrogen-bond acceptors (Lipinski definition) is 1. The van der Waals surface area contributed by atoms with Crippen LogP contribution >= 0.6 is 0 Å². The number of nitrogens with one attached hydrogen (secondary N) is 1. The van der Waals surface area contributed by atoms with Crippen LogP contribution in [0.2, 0.25) is 0 Å². The Labute approximate surface area is 85.8 Å². The van der Waals surface area contributed by atoms with Crippen LogP contribution in [0.4, 0.5) is 0 Å². The van der Waals surface area contributed by atoms with E-state index < -0.39 is 0 Å². The van der Waals surface area contributed by atoms with E-state index in [0.29, 0.717) is 11.1 Å². The van der Waals surface area contributed by atoms with Gasteiger partial charge in [0, 0.05) is 33.5 Å². The molecule has 0 spiro atoms. The molecule has 0 aromatic heterocycles. The van der Waals surface area contributed by atoms with Crippen LogP contribution in [0.1, 0.15) is 47.0 Å². The predicted octanol–water partition coefficient (Wildman–Crippen LogP) is 2.31. The van der Waals surface area contributed by atoms with E-state index in [1.54, 1.807) is 0 Å². The molecular formula is C9H19AuN. The Balaban J connectivity index is 0.000001000. The maximum absolute atomic E-state index is 3.63. The van der Waals surface area contributed by atoms with Crippen LogP contribution in [0.15, 0.2) is 0 Å². The quantitative estimate of drug-likeness (QED) is 0.669. The first-order valence-electron chi connectivity index (χ1n) is 4.21. The third-order valence-electron chi connectivity index (χ3n) is 2.28. The molecule has 0 bridgehead atoms. The van der Waals surface area contributed by atoms with Gasteiger partial charge in [-0.25, -0.2) is 0 Å². The molecule has 11 heavy (non-hydrogen) atoms. The molecule has 0 atom stereocenters. The summed E-state index contributed by atoms with van der Waals surface area (Å²) < 4.78 is 0. The van der Waals surface area contributed by atoms with Crippen LogP contribution in [-0.4, -0.2) is 11.1 Å². The van der Waals surface area contributed by atoms with Crippen molar-refractivity contribution < 1.29 is 22.4 Å². The molecule has 1 N–H and O–H groups in total. The van der Waals surface area contributed by atoms with Crippen LogP contribution in [0.3, 0.4) is 0 Å². The van der Waals surface area contributed by atoms with Gasteiger partial charge in [-0.2, -0.15) is 0 Å². The zero-order valence-electron chi connectivity index (χ0n) is 7.92. The van der Waals surface area contributed by atoms with E-state index in [-0.39, 0.29) is 22.4 Å². The molecule has 0 saturated carbocycles. The second-order valence-electron chi connectivity index (χ2n) is 4.75. The van der Waals surface area contributed by atoms with Gasteiger partial charge in [-0.05, 0) is 47.0 Å². The zero-order valence-corrected chi connectivity index (χ0v) is 10.1. The van der Waals surface area contributed by atoms with E-state index in [0.717, 1.165) is 0 Å². The molecule has 0 aromatic carbocycles. The minimum absolute atomic E-state index is 0. The van der Waals surface area contributed by atoms with E-state index in [9.17, 15) is 0 Å². The fraction of sp³-hybridized carbons (Fsp3) is 1.00. The number of rotatable bonds is 0. The van der Waals surface area contributed by atoms with Gasteiger partial charge < -0.3 is 5.32 Å². The molecule has 2 heteroatoms. The summed E-state index contributed by atoms with van der Waals surface area (Å²) in [7, 11) is 0. The molecule has 1 heterocycles. The summed E-state index contributed by atoms with van der Waals surface area (Å²) in [6.07, 6.45) is 4.00. The third-order valence-corrected chi connectivity index (χ3v) is 2.28. The predicted molar refractivity (Wildman–Crippen MR) is 45.1 cm³/mol. The molecule has 0 aliphatic carbocycles. The van der Waals surface area contributed by atoms with Crippen molar-refractivity contribution in [1.29, 1.82) is 0 Å². The average Bonchev–Trinajstić information content (AvgIpc) is 1.56. The second-order valence-corrected chi connectivity index (χ2v) is 4.75. The Morgan fingerprint density at radius 3 is 1.45 bits per heavy atom. The smallest absolute Gasteiger partial charge is 0.0130 e. The SMILES string of the molecule is CC1(C)CCCC(C)(C)N1.[Au]. The average molecular weight is 338 g/mol. The van der Waals surface area contributed by atoms with Crippen molar-refractivity contribution in [2.24, 2.45) is 0 Å². The summed E-state index contributed by atoms with van der Waals surface area (Å²) in [6.45, 7) is 9.14. The summed E-state index contributed by atoms with van der Waals surface area (Å²) in [4.78, 5) is 0. The van der Waals surface area contributed by atoms with Crippen molar-refractivity contribution in [2.45, 2.75) is 58.0 Å². The summed E-state index contributed by atoms with van der Waals surface area (Å²) in [6, 6.07) is 0. The monoisotopic (exact) mass is 338 g/mol. The van der Waals surface area contributed by atoms with Gasteiger partial charge in [0.05, 0.1) is 0 Å². The standard InChI is InChI=1S/C9H19N.Au/c1-8(2)6-5-7-9(3,4)10-8;/h10H,5-7H2,1-4H3;. The van der Waals surface area contributed by atoms with Gasteiger partial charge in [-0.1, -0.05) is 0 Å². The minimum atomic E-state index is 0. The number of piperidine rings is 1. The molecule has 0 amide bonds. The van der Waals surface area contributed by atoms with Gasteiger partial charge in [0.1, 0.15) is 0 Å². The van der Waals surface area contributed by atoms with Crippen molar-refractivity contribution in [2.75, 3.05) is 0 Å². The molecule has 0 aromatic rings. The fourth-order valence-electron chi connectivity index (χ4n) is 2.01. The van der Waals surface area contributed by atoms with Crippen LogP contribution < -0.4 is 5.32 Å². The normalized spacial score (nSPS) is 27.3. The maximum Gasteiger partial charge on any atom is 0.0130 e. The van der Waals surface area contributed by atoms with Gasteiger partial charge in [-0.15, -0.1) is 0 Å². The number of hydrogen-bond donors (Lipinski definition) is 1. The molecule has 71 valence electrons. The Hall–Kier alpha value is 0.700. The van der Waals surface area contributed by atoms with Gasteiger partial charge in [0.2, 0.25) is 0 Å². The fourth-order valence-corrected chi connectivity index (χ4v) is 2.01. The van der Waals surface area contributed by atoms with Crippen LogP contribution in [0, 0.1) is 0 Å². The molecule has 1 saturated heterocycles. The van der Waals surface area contributed by atoms with Gasteiger partial charge in [-0.3, -0.25) is 0 Å². The molecule has 1 fully saturated rings. The van der Waals surface area contributed by atoms with Crippen molar-refractivity contribution >= 4 is 0 Å². The van der Waals surface area contributed by atoms with E-state index >= 15 is 0 Å².